The number of sulfonamides is 1. The van der Waals surface area contributed by atoms with Gasteiger partial charge in [0.2, 0.25) is 11.8 Å². The van der Waals surface area contributed by atoms with Crippen LogP contribution in [-0.4, -0.2) is 51.4 Å². The van der Waals surface area contributed by atoms with Gasteiger partial charge < -0.3 is 15.0 Å². The van der Waals surface area contributed by atoms with Crippen LogP contribution in [-0.2, 0) is 32.6 Å². The first-order valence-electron chi connectivity index (χ1n) is 14.3. The average Bonchev–Trinajstić information content (AvgIpc) is 3.04. The van der Waals surface area contributed by atoms with Gasteiger partial charge in [-0.05, 0) is 73.5 Å². The van der Waals surface area contributed by atoms with E-state index in [-0.39, 0.29) is 23.8 Å². The minimum atomic E-state index is -4.23. The summed E-state index contributed by atoms with van der Waals surface area (Å²) in [7, 11) is -2.74. The Hall–Kier alpha value is -4.05. The maximum atomic E-state index is 14.4. The van der Waals surface area contributed by atoms with Crippen molar-refractivity contribution in [2.45, 2.75) is 37.8 Å². The summed E-state index contributed by atoms with van der Waals surface area (Å²) in [6, 6.07) is 26.1. The zero-order valence-electron chi connectivity index (χ0n) is 25.2. The number of aryl methyl sites for hydroxylation is 1. The van der Waals surface area contributed by atoms with Gasteiger partial charge in [0.25, 0.3) is 10.0 Å². The summed E-state index contributed by atoms with van der Waals surface area (Å²) in [5.41, 5.74) is 2.69. The number of carbonyl (C=O) groups is 2. The third kappa shape index (κ3) is 8.57. The Morgan fingerprint density at radius 1 is 0.867 bits per heavy atom. The Morgan fingerprint density at radius 3 is 2.13 bits per heavy atom. The summed E-state index contributed by atoms with van der Waals surface area (Å²) in [4.78, 5) is 29.4. The lowest BCUT2D eigenvalue weighted by molar-refractivity contribution is -0.140. The number of methoxy groups -OCH3 is 1. The van der Waals surface area contributed by atoms with E-state index in [0.717, 1.165) is 15.4 Å². The van der Waals surface area contributed by atoms with Crippen molar-refractivity contribution < 1.29 is 22.7 Å². The number of benzene rings is 4. The summed E-state index contributed by atoms with van der Waals surface area (Å²) in [6.45, 7) is 3.44. The molecule has 0 aliphatic heterocycles. The topological polar surface area (TPSA) is 96.0 Å². The molecule has 0 radical (unpaired) electrons. The van der Waals surface area contributed by atoms with Gasteiger partial charge in [0, 0.05) is 19.5 Å². The third-order valence-corrected chi connectivity index (χ3v) is 9.73. The average molecular weight is 669 g/mol. The number of carbonyl (C=O) groups excluding carboxylic acids is 2. The Bertz CT molecular complexity index is 1720. The fourth-order valence-electron chi connectivity index (χ4n) is 4.80. The number of ether oxygens (including phenoxy) is 1. The van der Waals surface area contributed by atoms with Gasteiger partial charge in [-0.15, -0.1) is 0 Å². The van der Waals surface area contributed by atoms with Crippen molar-refractivity contribution in [2.24, 2.45) is 0 Å². The number of amides is 2. The zero-order chi connectivity index (χ0) is 32.6. The Kier molecular flexibility index (Phi) is 11.5. The highest BCUT2D eigenvalue weighted by molar-refractivity contribution is 7.92. The van der Waals surface area contributed by atoms with Gasteiger partial charge in [-0.3, -0.25) is 13.9 Å². The number of anilines is 1. The number of rotatable bonds is 13. The van der Waals surface area contributed by atoms with Crippen LogP contribution in [0.25, 0.3) is 0 Å². The molecule has 1 unspecified atom stereocenters. The van der Waals surface area contributed by atoms with Crippen LogP contribution in [0, 0.1) is 6.92 Å². The highest BCUT2D eigenvalue weighted by Gasteiger charge is 2.34. The number of nitrogens with one attached hydrogen (secondary N) is 1. The van der Waals surface area contributed by atoms with Crippen LogP contribution in [0.15, 0.2) is 102 Å². The van der Waals surface area contributed by atoms with Crippen LogP contribution >= 0.6 is 23.2 Å². The SMILES string of the molecule is CCNC(=O)C(Cc1ccccc1)N(Cc1ccc(Cl)c(Cl)c1)C(=O)CN(c1ccc(C)cc1)S(=O)(=O)c1ccc(OC)cc1. The van der Waals surface area contributed by atoms with E-state index in [9.17, 15) is 18.0 Å². The first-order valence-corrected chi connectivity index (χ1v) is 16.5. The quantitative estimate of drug-likeness (QED) is 0.181. The molecule has 1 atom stereocenters. The molecular weight excluding hydrogens is 633 g/mol. The molecule has 4 aromatic rings. The minimum absolute atomic E-state index is 0.0164. The molecule has 4 rings (SSSR count). The van der Waals surface area contributed by atoms with Crippen molar-refractivity contribution in [3.8, 4) is 5.75 Å². The molecule has 0 aliphatic carbocycles. The molecule has 236 valence electrons. The molecular formula is C34H35Cl2N3O5S. The Balaban J connectivity index is 1.80. The van der Waals surface area contributed by atoms with E-state index in [1.807, 2.05) is 37.3 Å². The molecule has 0 aromatic heterocycles. The maximum absolute atomic E-state index is 14.4. The van der Waals surface area contributed by atoms with Crippen molar-refractivity contribution in [3.63, 3.8) is 0 Å². The van der Waals surface area contributed by atoms with Gasteiger partial charge in [-0.2, -0.15) is 0 Å². The molecule has 0 bridgehead atoms. The van der Waals surface area contributed by atoms with Gasteiger partial charge >= 0.3 is 0 Å². The third-order valence-electron chi connectivity index (χ3n) is 7.21. The number of nitrogens with zero attached hydrogens (tertiary/aromatic N) is 2. The lowest BCUT2D eigenvalue weighted by Crippen LogP contribution is -2.53. The summed E-state index contributed by atoms with van der Waals surface area (Å²) < 4.78 is 34.5. The van der Waals surface area contributed by atoms with E-state index in [4.69, 9.17) is 27.9 Å². The predicted molar refractivity (Wildman–Crippen MR) is 178 cm³/mol. The van der Waals surface area contributed by atoms with Crippen molar-refractivity contribution in [2.75, 3.05) is 24.5 Å². The van der Waals surface area contributed by atoms with Crippen LogP contribution < -0.4 is 14.4 Å². The minimum Gasteiger partial charge on any atom is -0.497 e. The van der Waals surface area contributed by atoms with Crippen molar-refractivity contribution in [1.29, 1.82) is 0 Å². The van der Waals surface area contributed by atoms with Crippen LogP contribution in [0.5, 0.6) is 5.75 Å². The summed E-state index contributed by atoms with van der Waals surface area (Å²) in [6.07, 6.45) is 0.204. The lowest BCUT2D eigenvalue weighted by Gasteiger charge is -2.34. The first kappa shape index (κ1) is 33.8. The van der Waals surface area contributed by atoms with Gasteiger partial charge in [0.1, 0.15) is 18.3 Å². The molecule has 0 saturated heterocycles. The smallest absolute Gasteiger partial charge is 0.264 e. The molecule has 1 N–H and O–H groups in total. The molecule has 0 fully saturated rings. The largest absolute Gasteiger partial charge is 0.497 e. The number of hydrogen-bond donors (Lipinski definition) is 1. The summed E-state index contributed by atoms with van der Waals surface area (Å²) in [5, 5.41) is 3.48. The molecule has 0 heterocycles. The van der Waals surface area contributed by atoms with Gasteiger partial charge in [0.15, 0.2) is 0 Å². The van der Waals surface area contributed by atoms with Crippen molar-refractivity contribution in [1.82, 2.24) is 10.2 Å². The molecule has 8 nitrogen and oxygen atoms in total. The molecule has 0 saturated carbocycles. The van der Waals surface area contributed by atoms with Crippen LogP contribution in [0.3, 0.4) is 0 Å². The standard InChI is InChI=1S/C34H35Cl2N3O5S/c1-4-37-34(41)32(21-25-8-6-5-7-9-25)38(22-26-12-19-30(35)31(36)20-26)33(40)23-39(27-13-10-24(2)11-14-27)45(42,43)29-17-15-28(44-3)16-18-29/h5-20,32H,4,21-23H2,1-3H3,(H,37,41). The number of hydrogen-bond acceptors (Lipinski definition) is 5. The lowest BCUT2D eigenvalue weighted by atomic mass is 10.0. The maximum Gasteiger partial charge on any atom is 0.264 e. The Labute approximate surface area is 274 Å². The Morgan fingerprint density at radius 2 is 1.53 bits per heavy atom. The van der Waals surface area contributed by atoms with Crippen LogP contribution in [0.1, 0.15) is 23.6 Å². The van der Waals surface area contributed by atoms with Crippen LogP contribution in [0.2, 0.25) is 10.0 Å². The highest BCUT2D eigenvalue weighted by atomic mass is 35.5. The normalized spacial score (nSPS) is 11.8. The van der Waals surface area contributed by atoms with Gasteiger partial charge in [-0.1, -0.05) is 77.3 Å². The second-order valence-corrected chi connectivity index (χ2v) is 13.1. The fraction of sp³-hybridized carbons (Fsp3) is 0.235. The molecule has 2 amide bonds. The zero-order valence-corrected chi connectivity index (χ0v) is 27.6. The van der Waals surface area contributed by atoms with E-state index < -0.39 is 28.5 Å². The molecule has 0 aliphatic rings. The predicted octanol–water partition coefficient (Wildman–Crippen LogP) is 6.28. The van der Waals surface area contributed by atoms with E-state index >= 15 is 0 Å². The second-order valence-electron chi connectivity index (χ2n) is 10.4. The van der Waals surface area contributed by atoms with E-state index in [2.05, 4.69) is 5.32 Å². The van der Waals surface area contributed by atoms with Gasteiger partial charge in [0.05, 0.1) is 27.7 Å². The molecule has 0 spiro atoms. The highest BCUT2D eigenvalue weighted by Crippen LogP contribution is 2.28. The van der Waals surface area contributed by atoms with Crippen LogP contribution in [0.4, 0.5) is 5.69 Å². The molecule has 4 aromatic carbocycles. The first-order chi connectivity index (χ1) is 21.5. The fourth-order valence-corrected chi connectivity index (χ4v) is 6.53. The number of likely N-dealkylation sites (N-methyl/N-ethyl adjacent to an activating group) is 1. The van der Waals surface area contributed by atoms with E-state index in [1.165, 1.54) is 24.1 Å². The van der Waals surface area contributed by atoms with Crippen molar-refractivity contribution in [3.05, 3.63) is 124 Å². The number of halogens is 2. The van der Waals surface area contributed by atoms with E-state index in [0.29, 0.717) is 33.6 Å². The summed E-state index contributed by atoms with van der Waals surface area (Å²) in [5.74, 6) is -0.453. The van der Waals surface area contributed by atoms with Crippen molar-refractivity contribution >= 4 is 50.7 Å². The monoisotopic (exact) mass is 667 g/mol. The second kappa shape index (κ2) is 15.3. The van der Waals surface area contributed by atoms with Gasteiger partial charge in [-0.25, -0.2) is 8.42 Å². The molecule has 45 heavy (non-hydrogen) atoms. The van der Waals surface area contributed by atoms with E-state index in [1.54, 1.807) is 61.5 Å². The molecule has 11 heteroatoms. The summed E-state index contributed by atoms with van der Waals surface area (Å²) >= 11 is 12.5.